The lowest BCUT2D eigenvalue weighted by Crippen LogP contribution is -2.44. The number of carbonyl (C=O) groups is 2. The van der Waals surface area contributed by atoms with E-state index in [9.17, 15) is 9.59 Å². The normalized spacial score (nSPS) is 16.9. The monoisotopic (exact) mass is 401 g/mol. The highest BCUT2D eigenvalue weighted by atomic mass is 16.2. The van der Waals surface area contributed by atoms with Crippen LogP contribution in [-0.2, 0) is 16.1 Å². The number of anilines is 1. The number of fused-ring (bicyclic) bond motifs is 1. The molecule has 1 saturated heterocycles. The molecule has 0 aliphatic carbocycles. The van der Waals surface area contributed by atoms with Crippen molar-refractivity contribution in [1.82, 2.24) is 10.2 Å². The van der Waals surface area contributed by atoms with Gasteiger partial charge in [-0.3, -0.25) is 14.5 Å². The molecule has 0 saturated carbocycles. The smallest absolute Gasteiger partial charge is 0.243 e. The van der Waals surface area contributed by atoms with E-state index in [1.54, 1.807) is 0 Å². The molecule has 1 aliphatic heterocycles. The largest absolute Gasteiger partial charge is 0.347 e. The molecule has 1 heterocycles. The second-order valence-electron chi connectivity index (χ2n) is 7.85. The molecule has 4 rings (SSSR count). The van der Waals surface area contributed by atoms with Crippen molar-refractivity contribution in [2.45, 2.75) is 19.4 Å². The Morgan fingerprint density at radius 2 is 1.70 bits per heavy atom. The molecule has 3 aromatic carbocycles. The van der Waals surface area contributed by atoms with Crippen LogP contribution < -0.4 is 10.6 Å². The fourth-order valence-electron chi connectivity index (χ4n) is 4.10. The Bertz CT molecular complexity index is 1010. The highest BCUT2D eigenvalue weighted by Crippen LogP contribution is 2.23. The Balaban J connectivity index is 1.29. The Labute approximate surface area is 177 Å². The number of carbonyl (C=O) groups excluding carboxylic acids is 2. The number of rotatable bonds is 6. The molecule has 2 amide bonds. The van der Waals surface area contributed by atoms with Crippen molar-refractivity contribution in [2.75, 3.05) is 25.0 Å². The summed E-state index contributed by atoms with van der Waals surface area (Å²) >= 11 is 0. The van der Waals surface area contributed by atoms with Gasteiger partial charge in [-0.05, 0) is 36.4 Å². The molecule has 0 bridgehead atoms. The van der Waals surface area contributed by atoms with Crippen LogP contribution in [0, 0.1) is 5.92 Å². The zero-order valence-electron chi connectivity index (χ0n) is 17.0. The summed E-state index contributed by atoms with van der Waals surface area (Å²) < 4.78 is 0. The van der Waals surface area contributed by atoms with E-state index in [4.69, 9.17) is 0 Å². The van der Waals surface area contributed by atoms with Gasteiger partial charge in [-0.25, -0.2) is 0 Å². The minimum Gasteiger partial charge on any atom is -0.347 e. The number of piperidine rings is 1. The van der Waals surface area contributed by atoms with Gasteiger partial charge in [0.15, 0.2) is 0 Å². The lowest BCUT2D eigenvalue weighted by Gasteiger charge is -2.32. The van der Waals surface area contributed by atoms with Crippen LogP contribution in [0.5, 0.6) is 0 Å². The first-order valence-electron chi connectivity index (χ1n) is 10.5. The molecule has 0 aromatic heterocycles. The minimum atomic E-state index is -0.211. The van der Waals surface area contributed by atoms with E-state index in [0.717, 1.165) is 48.9 Å². The standard InChI is InChI=1S/C25H27N3O2/c29-24(27-23-14-6-11-20-10-4-5-13-22(20)23)16-26-25(30)21-12-7-15-28(18-21)17-19-8-2-1-3-9-19/h1-6,8-11,13-14,21H,7,12,15-18H2,(H,26,30)(H,27,29)/t21-/m1/s1. The topological polar surface area (TPSA) is 61.4 Å². The molecule has 1 fully saturated rings. The molecule has 1 atom stereocenters. The summed E-state index contributed by atoms with van der Waals surface area (Å²) in [7, 11) is 0. The number of hydrogen-bond donors (Lipinski definition) is 2. The Kier molecular flexibility index (Phi) is 6.40. The van der Waals surface area contributed by atoms with Gasteiger partial charge >= 0.3 is 0 Å². The summed E-state index contributed by atoms with van der Waals surface area (Å²) in [6.45, 7) is 2.56. The number of hydrogen-bond acceptors (Lipinski definition) is 3. The van der Waals surface area contributed by atoms with E-state index in [0.29, 0.717) is 0 Å². The molecular weight excluding hydrogens is 374 g/mol. The van der Waals surface area contributed by atoms with Crippen LogP contribution in [0.3, 0.4) is 0 Å². The Morgan fingerprint density at radius 3 is 2.57 bits per heavy atom. The van der Waals surface area contributed by atoms with Gasteiger partial charge in [0.2, 0.25) is 11.8 Å². The van der Waals surface area contributed by atoms with E-state index in [1.165, 1.54) is 5.56 Å². The maximum absolute atomic E-state index is 12.6. The minimum absolute atomic E-state index is 0.0166. The maximum Gasteiger partial charge on any atom is 0.243 e. The van der Waals surface area contributed by atoms with Crippen LogP contribution in [-0.4, -0.2) is 36.3 Å². The van der Waals surface area contributed by atoms with Crippen LogP contribution in [0.1, 0.15) is 18.4 Å². The van der Waals surface area contributed by atoms with Crippen LogP contribution in [0.25, 0.3) is 10.8 Å². The van der Waals surface area contributed by atoms with Gasteiger partial charge in [0.25, 0.3) is 0 Å². The molecule has 2 N–H and O–H groups in total. The first-order chi connectivity index (χ1) is 14.7. The quantitative estimate of drug-likeness (QED) is 0.660. The van der Waals surface area contributed by atoms with E-state index < -0.39 is 0 Å². The lowest BCUT2D eigenvalue weighted by molar-refractivity contribution is -0.128. The second kappa shape index (κ2) is 9.55. The third-order valence-corrected chi connectivity index (χ3v) is 5.61. The van der Waals surface area contributed by atoms with E-state index in [-0.39, 0.29) is 24.3 Å². The SMILES string of the molecule is O=C(CNC(=O)[C@@H]1CCCN(Cc2ccccc2)C1)Nc1cccc2ccccc12. The molecule has 154 valence electrons. The van der Waals surface area contributed by atoms with Gasteiger partial charge in [0.05, 0.1) is 12.5 Å². The van der Waals surface area contributed by atoms with Gasteiger partial charge in [-0.1, -0.05) is 66.7 Å². The number of likely N-dealkylation sites (tertiary alicyclic amines) is 1. The Hall–Kier alpha value is -3.18. The lowest BCUT2D eigenvalue weighted by atomic mass is 9.96. The molecule has 30 heavy (non-hydrogen) atoms. The Morgan fingerprint density at radius 1 is 0.933 bits per heavy atom. The maximum atomic E-state index is 12.6. The van der Waals surface area contributed by atoms with Gasteiger partial charge in [0, 0.05) is 24.2 Å². The predicted molar refractivity (Wildman–Crippen MR) is 120 cm³/mol. The van der Waals surface area contributed by atoms with Crippen LogP contribution in [0.15, 0.2) is 72.8 Å². The van der Waals surface area contributed by atoms with Gasteiger partial charge in [-0.2, -0.15) is 0 Å². The molecule has 5 nitrogen and oxygen atoms in total. The van der Waals surface area contributed by atoms with Crippen molar-refractivity contribution >= 4 is 28.3 Å². The van der Waals surface area contributed by atoms with Crippen molar-refractivity contribution in [3.63, 3.8) is 0 Å². The molecule has 3 aromatic rings. The first kappa shape index (κ1) is 20.1. The summed E-state index contributed by atoms with van der Waals surface area (Å²) in [6.07, 6.45) is 1.86. The predicted octanol–water partition coefficient (Wildman–Crippen LogP) is 3.81. The molecule has 0 unspecified atom stereocenters. The average Bonchev–Trinajstić information content (AvgIpc) is 2.78. The van der Waals surface area contributed by atoms with Crippen molar-refractivity contribution in [1.29, 1.82) is 0 Å². The summed E-state index contributed by atoms with van der Waals surface area (Å²) in [6, 6.07) is 24.0. The van der Waals surface area contributed by atoms with Crippen LogP contribution in [0.4, 0.5) is 5.69 Å². The van der Waals surface area contributed by atoms with E-state index in [2.05, 4.69) is 27.7 Å². The summed E-state index contributed by atoms with van der Waals surface area (Å²) in [5, 5.41) is 7.81. The zero-order chi connectivity index (χ0) is 20.8. The number of benzene rings is 3. The van der Waals surface area contributed by atoms with Crippen molar-refractivity contribution in [3.8, 4) is 0 Å². The average molecular weight is 402 g/mol. The summed E-state index contributed by atoms with van der Waals surface area (Å²) in [4.78, 5) is 27.4. The number of nitrogens with one attached hydrogen (secondary N) is 2. The van der Waals surface area contributed by atoms with Crippen molar-refractivity contribution < 1.29 is 9.59 Å². The van der Waals surface area contributed by atoms with Gasteiger partial charge in [0.1, 0.15) is 0 Å². The van der Waals surface area contributed by atoms with E-state index >= 15 is 0 Å². The molecule has 1 aliphatic rings. The van der Waals surface area contributed by atoms with Gasteiger partial charge < -0.3 is 10.6 Å². The highest BCUT2D eigenvalue weighted by Gasteiger charge is 2.26. The first-order valence-corrected chi connectivity index (χ1v) is 10.5. The molecular formula is C25H27N3O2. The number of amides is 2. The third kappa shape index (κ3) is 5.05. The van der Waals surface area contributed by atoms with E-state index in [1.807, 2.05) is 60.7 Å². The number of nitrogens with zero attached hydrogens (tertiary/aromatic N) is 1. The third-order valence-electron chi connectivity index (χ3n) is 5.61. The fourth-order valence-corrected chi connectivity index (χ4v) is 4.10. The van der Waals surface area contributed by atoms with Crippen LogP contribution in [0.2, 0.25) is 0 Å². The highest BCUT2D eigenvalue weighted by molar-refractivity contribution is 6.03. The molecule has 5 heteroatoms. The summed E-state index contributed by atoms with van der Waals surface area (Å²) in [5.41, 5.74) is 2.02. The molecule has 0 radical (unpaired) electrons. The van der Waals surface area contributed by atoms with Gasteiger partial charge in [-0.15, -0.1) is 0 Å². The van der Waals surface area contributed by atoms with Crippen molar-refractivity contribution in [2.24, 2.45) is 5.92 Å². The fraction of sp³-hybridized carbons (Fsp3) is 0.280. The summed E-state index contributed by atoms with van der Waals surface area (Å²) in [5.74, 6) is -0.328. The second-order valence-corrected chi connectivity index (χ2v) is 7.85. The van der Waals surface area contributed by atoms with Crippen LogP contribution >= 0.6 is 0 Å². The zero-order valence-corrected chi connectivity index (χ0v) is 17.0. The van der Waals surface area contributed by atoms with Crippen molar-refractivity contribution in [3.05, 3.63) is 78.4 Å². The molecule has 0 spiro atoms.